The Morgan fingerprint density at radius 3 is 2.66 bits per heavy atom. The molecule has 3 aliphatic rings. The van der Waals surface area contributed by atoms with Gasteiger partial charge in [0.1, 0.15) is 12.7 Å². The molecule has 0 radical (unpaired) electrons. The van der Waals surface area contributed by atoms with Crippen LogP contribution >= 0.6 is 0 Å². The predicted octanol–water partition coefficient (Wildman–Crippen LogP) is 6.41. The minimum atomic E-state index is -1.31. The van der Waals surface area contributed by atoms with Crippen molar-refractivity contribution in [2.24, 2.45) is 17.3 Å². The number of fused-ring (bicyclic) bond motifs is 4. The second kappa shape index (κ2) is 20.7. The average Bonchev–Trinajstić information content (AvgIpc) is 3.07. The van der Waals surface area contributed by atoms with Gasteiger partial charge in [-0.2, -0.15) is 0 Å². The maximum absolute atomic E-state index is 13.0. The number of hydrogen-bond acceptors (Lipinski definition) is 9. The Hall–Kier alpha value is -3.08. The third kappa shape index (κ3) is 13.2. The van der Waals surface area contributed by atoms with Gasteiger partial charge in [0.2, 0.25) is 0 Å². The summed E-state index contributed by atoms with van der Waals surface area (Å²) in [4.78, 5) is 25.3. The lowest BCUT2D eigenvalue weighted by Crippen LogP contribution is -2.55. The number of esters is 2. The Bertz CT molecular complexity index is 1290. The first-order valence-electron chi connectivity index (χ1n) is 18.1. The van der Waals surface area contributed by atoms with Crippen molar-refractivity contribution < 1.29 is 43.9 Å². The van der Waals surface area contributed by atoms with Crippen LogP contribution in [0.5, 0.6) is 0 Å². The lowest BCUT2D eigenvalue weighted by atomic mass is 9.73. The first-order chi connectivity index (χ1) is 23.8. The van der Waals surface area contributed by atoms with Crippen molar-refractivity contribution in [1.29, 1.82) is 0 Å². The number of carbonyl (C=O) groups excluding carboxylic acids is 2. The molecule has 4 bridgehead atoms. The molecule has 3 heterocycles. The molecule has 0 aliphatic carbocycles. The molecule has 50 heavy (non-hydrogen) atoms. The molecule has 9 atom stereocenters. The highest BCUT2D eigenvalue weighted by Crippen LogP contribution is 2.41. The van der Waals surface area contributed by atoms with Crippen LogP contribution in [0.1, 0.15) is 86.0 Å². The van der Waals surface area contributed by atoms with Crippen LogP contribution in [0.25, 0.3) is 0 Å². The highest BCUT2D eigenvalue weighted by atomic mass is 16.6. The monoisotopic (exact) mass is 696 g/mol. The van der Waals surface area contributed by atoms with Crippen molar-refractivity contribution in [2.75, 3.05) is 13.2 Å². The smallest absolute Gasteiger partial charge is 0.335 e. The molecule has 2 fully saturated rings. The highest BCUT2D eigenvalue weighted by Gasteiger charge is 2.49. The van der Waals surface area contributed by atoms with Crippen LogP contribution in [-0.4, -0.2) is 83.2 Å². The quantitative estimate of drug-likeness (QED) is 0.166. The van der Waals surface area contributed by atoms with Crippen LogP contribution in [-0.2, 0) is 28.5 Å². The largest absolute Gasteiger partial charge is 0.459 e. The predicted molar refractivity (Wildman–Crippen MR) is 195 cm³/mol. The van der Waals surface area contributed by atoms with Gasteiger partial charge in [-0.25, -0.2) is 9.59 Å². The van der Waals surface area contributed by atoms with E-state index in [9.17, 15) is 24.9 Å². The Morgan fingerprint density at radius 1 is 1.14 bits per heavy atom. The zero-order valence-electron chi connectivity index (χ0n) is 30.6. The van der Waals surface area contributed by atoms with Crippen molar-refractivity contribution in [2.45, 2.75) is 129 Å². The lowest BCUT2D eigenvalue weighted by molar-refractivity contribution is -0.198. The Kier molecular flexibility index (Phi) is 17.1. The van der Waals surface area contributed by atoms with E-state index in [1.54, 1.807) is 18.2 Å². The highest BCUT2D eigenvalue weighted by molar-refractivity contribution is 5.82. The molecule has 3 rings (SSSR count). The van der Waals surface area contributed by atoms with E-state index in [2.05, 4.69) is 26.5 Å². The van der Waals surface area contributed by atoms with Crippen LogP contribution in [0.4, 0.5) is 0 Å². The summed E-state index contributed by atoms with van der Waals surface area (Å²) in [6, 6.07) is 0. The number of aliphatic hydroxyl groups is 3. The minimum absolute atomic E-state index is 0.0218. The van der Waals surface area contributed by atoms with Crippen LogP contribution in [0.2, 0.25) is 0 Å². The fourth-order valence-electron chi connectivity index (χ4n) is 6.27. The molecule has 0 amide bonds. The fourth-order valence-corrected chi connectivity index (χ4v) is 6.27. The van der Waals surface area contributed by atoms with Gasteiger partial charge in [0, 0.05) is 31.3 Å². The Morgan fingerprint density at radius 2 is 1.92 bits per heavy atom. The van der Waals surface area contributed by atoms with Crippen LogP contribution in [0.3, 0.4) is 0 Å². The van der Waals surface area contributed by atoms with Gasteiger partial charge in [-0.3, -0.25) is 0 Å². The van der Waals surface area contributed by atoms with Crippen LogP contribution in [0.15, 0.2) is 84.6 Å². The zero-order chi connectivity index (χ0) is 36.7. The second-order valence-electron chi connectivity index (χ2n) is 14.6. The molecule has 3 aliphatic heterocycles. The van der Waals surface area contributed by atoms with Gasteiger partial charge in [0.25, 0.3) is 0 Å². The fraction of sp³-hybridized carbons (Fsp3) is 0.610. The van der Waals surface area contributed by atoms with Gasteiger partial charge >= 0.3 is 11.9 Å². The summed E-state index contributed by atoms with van der Waals surface area (Å²) >= 11 is 0. The standard InChI is InChI=1S/C41H60O9/c1-28(2)21-22-30(4)26-47-40(46)34(43)18-13-14-19-37-41(6,27-42)38-25-33(49-37)17-10-7-9-15-29(3)23-36-31(5)35(44)24-32(48-36)16-11-8-12-20-39(45)50-38/h8-15,17,20,23,28,31-38,42-44H,4,7,16,18-19,21-22,24-27H2,1-3,5-6H3/b11-8+,14-13-,15-9-,17-10+,20-12-,29-23+/t31-,32+,33-,34-,35+,36-,37+,38-,41+/m1/s1. The normalized spacial score (nSPS) is 35.3. The van der Waals surface area contributed by atoms with Crippen molar-refractivity contribution >= 4 is 11.9 Å². The molecule has 0 aromatic rings. The molecule has 0 saturated carbocycles. The van der Waals surface area contributed by atoms with E-state index < -0.39 is 41.8 Å². The Balaban J connectivity index is 1.71. The van der Waals surface area contributed by atoms with Crippen molar-refractivity contribution in [1.82, 2.24) is 0 Å². The summed E-state index contributed by atoms with van der Waals surface area (Å²) in [5, 5.41) is 31.6. The molecular formula is C41H60O9. The molecule has 2 saturated heterocycles. The number of hydrogen-bond donors (Lipinski definition) is 3. The molecule has 9 heteroatoms. The minimum Gasteiger partial charge on any atom is -0.459 e. The summed E-state index contributed by atoms with van der Waals surface area (Å²) in [5.41, 5.74) is 0.954. The summed E-state index contributed by atoms with van der Waals surface area (Å²) in [6.07, 6.45) is 21.0. The summed E-state index contributed by atoms with van der Waals surface area (Å²) in [6.45, 7) is 13.9. The third-order valence-corrected chi connectivity index (χ3v) is 9.79. The summed E-state index contributed by atoms with van der Waals surface area (Å²) in [5.74, 6) is -0.720. The van der Waals surface area contributed by atoms with E-state index in [1.165, 1.54) is 6.08 Å². The number of carbonyl (C=O) groups is 2. The molecule has 3 N–H and O–H groups in total. The molecule has 278 valence electrons. The topological polar surface area (TPSA) is 132 Å². The van der Waals surface area contributed by atoms with Crippen molar-refractivity contribution in [3.05, 3.63) is 84.6 Å². The van der Waals surface area contributed by atoms with Crippen molar-refractivity contribution in [3.8, 4) is 0 Å². The summed E-state index contributed by atoms with van der Waals surface area (Å²) < 4.78 is 23.9. The van der Waals surface area contributed by atoms with Gasteiger partial charge in [0.15, 0.2) is 6.10 Å². The van der Waals surface area contributed by atoms with E-state index in [0.29, 0.717) is 38.0 Å². The first-order valence-corrected chi connectivity index (χ1v) is 18.1. The van der Waals surface area contributed by atoms with E-state index in [0.717, 1.165) is 24.0 Å². The van der Waals surface area contributed by atoms with E-state index >= 15 is 0 Å². The average molecular weight is 697 g/mol. The van der Waals surface area contributed by atoms with Crippen LogP contribution < -0.4 is 0 Å². The van der Waals surface area contributed by atoms with E-state index in [-0.39, 0.29) is 43.9 Å². The molecule has 0 aromatic heterocycles. The number of aliphatic hydroxyl groups excluding tert-OH is 3. The molecule has 0 spiro atoms. The molecule has 0 aromatic carbocycles. The first kappa shape index (κ1) is 41.3. The maximum Gasteiger partial charge on any atom is 0.335 e. The molecule has 0 unspecified atom stereocenters. The SMILES string of the molecule is C=C(CCC(C)C)COC(=O)[C@H](O)C/C=C\C[C@@H]1O[C@@H]2/C=C/C/C=C\C(C)=C\[C@H]3O[C@@H](C/C=C/C=C\C(=O)O[C@H](C2)[C@@]1(C)CO)C[C@H](O)[C@H]3C. The summed E-state index contributed by atoms with van der Waals surface area (Å²) in [7, 11) is 0. The van der Waals surface area contributed by atoms with Gasteiger partial charge in [-0.05, 0) is 50.5 Å². The second-order valence-corrected chi connectivity index (χ2v) is 14.6. The molecular weight excluding hydrogens is 636 g/mol. The van der Waals surface area contributed by atoms with Gasteiger partial charge in [-0.15, -0.1) is 0 Å². The Labute approximate surface area is 299 Å². The van der Waals surface area contributed by atoms with Gasteiger partial charge < -0.3 is 34.3 Å². The third-order valence-electron chi connectivity index (χ3n) is 9.79. The number of ether oxygens (including phenoxy) is 4. The van der Waals surface area contributed by atoms with E-state index in [1.807, 2.05) is 57.2 Å². The maximum atomic E-state index is 13.0. The lowest BCUT2D eigenvalue weighted by Gasteiger charge is -2.47. The molecule has 9 nitrogen and oxygen atoms in total. The van der Waals surface area contributed by atoms with Crippen molar-refractivity contribution in [3.63, 3.8) is 0 Å². The van der Waals surface area contributed by atoms with E-state index in [4.69, 9.17) is 18.9 Å². The number of rotatable bonds is 11. The van der Waals surface area contributed by atoms with Gasteiger partial charge in [-0.1, -0.05) is 101 Å². The van der Waals surface area contributed by atoms with Gasteiger partial charge in [0.05, 0.1) is 42.5 Å². The van der Waals surface area contributed by atoms with Crippen LogP contribution in [0, 0.1) is 17.3 Å². The number of allylic oxidation sites excluding steroid dienone is 6. The zero-order valence-corrected chi connectivity index (χ0v) is 30.6.